The van der Waals surface area contributed by atoms with Gasteiger partial charge < -0.3 is 16.0 Å². The van der Waals surface area contributed by atoms with Gasteiger partial charge in [0, 0.05) is 47.7 Å². The lowest BCUT2D eigenvalue weighted by atomic mass is 10.1. The molecule has 3 aromatic rings. The maximum Gasteiger partial charge on any atom is 0.253 e. The highest BCUT2D eigenvalue weighted by Crippen LogP contribution is 2.26. The number of amides is 2. The predicted molar refractivity (Wildman–Crippen MR) is 134 cm³/mol. The van der Waals surface area contributed by atoms with Crippen molar-refractivity contribution >= 4 is 39.0 Å². The summed E-state index contributed by atoms with van der Waals surface area (Å²) in [6, 6.07) is 18.5. The van der Waals surface area contributed by atoms with Crippen LogP contribution in [0.2, 0.25) is 0 Å². The number of sulfonamides is 1. The molecule has 1 fully saturated rings. The van der Waals surface area contributed by atoms with Gasteiger partial charge >= 0.3 is 0 Å². The van der Waals surface area contributed by atoms with E-state index in [-0.39, 0.29) is 54.6 Å². The second kappa shape index (κ2) is 10.4. The van der Waals surface area contributed by atoms with Gasteiger partial charge in [0.05, 0.1) is 6.54 Å². The van der Waals surface area contributed by atoms with E-state index in [0.717, 1.165) is 16.2 Å². The Labute approximate surface area is 207 Å². The first-order chi connectivity index (χ1) is 16.8. The molecule has 1 saturated heterocycles. The molecule has 0 atom stereocenters. The van der Waals surface area contributed by atoms with E-state index in [1.807, 2.05) is 6.07 Å². The average Bonchev–Trinajstić information content (AvgIpc) is 3.37. The topological polar surface area (TPSA) is 137 Å². The zero-order valence-corrected chi connectivity index (χ0v) is 20.4. The summed E-state index contributed by atoms with van der Waals surface area (Å²) in [6.45, 7) is 1.17. The van der Waals surface area contributed by atoms with E-state index >= 15 is 0 Å². The first-order valence-corrected chi connectivity index (χ1v) is 13.2. The molecule has 1 aliphatic rings. The molecule has 0 bridgehead atoms. The van der Waals surface area contributed by atoms with Crippen LogP contribution in [0.5, 0.6) is 0 Å². The summed E-state index contributed by atoms with van der Waals surface area (Å²) in [7, 11) is -3.70. The maximum atomic E-state index is 13.1. The van der Waals surface area contributed by atoms with Crippen molar-refractivity contribution < 1.29 is 18.0 Å². The molecule has 1 aliphatic heterocycles. The monoisotopic (exact) mass is 511 g/mol. The first-order valence-electron chi connectivity index (χ1n) is 10.9. The number of nitrogen functional groups attached to an aromatic ring is 1. The summed E-state index contributed by atoms with van der Waals surface area (Å²) in [5.41, 5.74) is 6.99. The smallest absolute Gasteiger partial charge is 0.253 e. The van der Waals surface area contributed by atoms with Gasteiger partial charge in [-0.2, -0.15) is 4.31 Å². The minimum Gasteiger partial charge on any atom is -0.384 e. The molecular weight excluding hydrogens is 486 g/mol. The largest absolute Gasteiger partial charge is 0.384 e. The van der Waals surface area contributed by atoms with Gasteiger partial charge in [0.2, 0.25) is 0 Å². The average molecular weight is 512 g/mol. The van der Waals surface area contributed by atoms with Crippen molar-refractivity contribution in [3.63, 3.8) is 0 Å². The predicted octanol–water partition coefficient (Wildman–Crippen LogP) is 2.11. The fourth-order valence-electron chi connectivity index (χ4n) is 3.68. The van der Waals surface area contributed by atoms with Crippen LogP contribution in [0.4, 0.5) is 0 Å². The Balaban J connectivity index is 1.34. The number of carbonyl (C=O) groups excluding carboxylic acids is 2. The van der Waals surface area contributed by atoms with Crippen molar-refractivity contribution in [2.45, 2.75) is 10.8 Å². The van der Waals surface area contributed by atoms with Crippen molar-refractivity contribution in [3.05, 3.63) is 88.3 Å². The van der Waals surface area contributed by atoms with E-state index in [9.17, 15) is 18.0 Å². The van der Waals surface area contributed by atoms with Gasteiger partial charge in [0.25, 0.3) is 21.8 Å². The zero-order chi connectivity index (χ0) is 25.0. The van der Waals surface area contributed by atoms with Gasteiger partial charge in [-0.3, -0.25) is 15.0 Å². The van der Waals surface area contributed by atoms with Gasteiger partial charge in [-0.15, -0.1) is 11.3 Å². The van der Waals surface area contributed by atoms with E-state index in [1.165, 1.54) is 4.31 Å². The molecule has 0 radical (unpaired) electrons. The van der Waals surface area contributed by atoms with E-state index < -0.39 is 10.0 Å². The second-order valence-electron chi connectivity index (χ2n) is 7.96. The van der Waals surface area contributed by atoms with Gasteiger partial charge in [0.1, 0.15) is 10.0 Å². The Morgan fingerprint density at radius 3 is 2.14 bits per heavy atom. The number of nitrogens with two attached hydrogens (primary N) is 1. The number of hydrogen-bond acceptors (Lipinski definition) is 6. The highest BCUT2D eigenvalue weighted by molar-refractivity contribution is 7.91. The number of hydrogen-bond donors (Lipinski definition) is 3. The Kier molecular flexibility index (Phi) is 7.29. The van der Waals surface area contributed by atoms with Crippen LogP contribution in [-0.4, -0.2) is 61.5 Å². The summed E-state index contributed by atoms with van der Waals surface area (Å²) in [4.78, 5) is 27.4. The molecule has 4 N–H and O–H groups in total. The zero-order valence-electron chi connectivity index (χ0n) is 18.8. The quantitative estimate of drug-likeness (QED) is 0.330. The van der Waals surface area contributed by atoms with Gasteiger partial charge in [-0.1, -0.05) is 30.3 Å². The molecule has 35 heavy (non-hydrogen) atoms. The maximum absolute atomic E-state index is 13.1. The van der Waals surface area contributed by atoms with Crippen LogP contribution in [-0.2, 0) is 16.6 Å². The number of nitrogens with one attached hydrogen (secondary N) is 2. The van der Waals surface area contributed by atoms with Crippen LogP contribution >= 0.6 is 11.3 Å². The Morgan fingerprint density at radius 1 is 0.886 bits per heavy atom. The second-order valence-corrected chi connectivity index (χ2v) is 11.3. The highest BCUT2D eigenvalue weighted by Gasteiger charge is 2.31. The van der Waals surface area contributed by atoms with Crippen molar-refractivity contribution in [3.8, 4) is 0 Å². The molecule has 0 unspecified atom stereocenters. The minimum atomic E-state index is -3.70. The van der Waals surface area contributed by atoms with Crippen molar-refractivity contribution in [2.75, 3.05) is 26.2 Å². The number of rotatable bonds is 7. The normalized spacial score (nSPS) is 14.5. The molecule has 0 aliphatic carbocycles. The number of thiophene rings is 1. The fourth-order valence-corrected chi connectivity index (χ4v) is 6.56. The molecular formula is C24H25N5O4S2. The van der Waals surface area contributed by atoms with Gasteiger partial charge in [0.15, 0.2) is 0 Å². The van der Waals surface area contributed by atoms with Crippen molar-refractivity contribution in [1.29, 1.82) is 5.41 Å². The molecule has 11 heteroatoms. The van der Waals surface area contributed by atoms with Gasteiger partial charge in [-0.25, -0.2) is 8.42 Å². The molecule has 9 nitrogen and oxygen atoms in total. The lowest BCUT2D eigenvalue weighted by molar-refractivity contribution is 0.0698. The van der Waals surface area contributed by atoms with Crippen LogP contribution in [0.1, 0.15) is 31.2 Å². The van der Waals surface area contributed by atoms with Crippen LogP contribution in [0.15, 0.2) is 70.9 Å². The van der Waals surface area contributed by atoms with Crippen molar-refractivity contribution in [2.24, 2.45) is 5.73 Å². The summed E-state index contributed by atoms with van der Waals surface area (Å²) in [6.07, 6.45) is 0. The van der Waals surface area contributed by atoms with E-state index in [4.69, 9.17) is 11.1 Å². The number of benzene rings is 2. The summed E-state index contributed by atoms with van der Waals surface area (Å²) < 4.78 is 27.8. The molecule has 4 rings (SSSR count). The summed E-state index contributed by atoms with van der Waals surface area (Å²) >= 11 is 1.13. The molecule has 2 aromatic carbocycles. The lowest BCUT2D eigenvalue weighted by Gasteiger charge is -2.33. The van der Waals surface area contributed by atoms with Crippen LogP contribution in [0.3, 0.4) is 0 Å². The fraction of sp³-hybridized carbons (Fsp3) is 0.208. The van der Waals surface area contributed by atoms with E-state index in [0.29, 0.717) is 16.7 Å². The third-order valence-corrected chi connectivity index (χ3v) is 9.11. The Morgan fingerprint density at radius 2 is 1.51 bits per heavy atom. The van der Waals surface area contributed by atoms with E-state index in [1.54, 1.807) is 65.6 Å². The Bertz CT molecular complexity index is 1330. The molecule has 2 amide bonds. The standard InChI is InChI=1S/C24H25N5O4S2/c25-22(26)17-6-8-19(9-7-17)24(31)28-12-14-29(15-13-28)35(32,33)21-11-10-20(34-21)16-27-23(30)18-4-2-1-3-5-18/h1-11H,12-16H2,(H3,25,26)(H,27,30). The number of carbonyl (C=O) groups is 2. The molecule has 182 valence electrons. The number of piperazine rings is 1. The lowest BCUT2D eigenvalue weighted by Crippen LogP contribution is -2.50. The van der Waals surface area contributed by atoms with Crippen LogP contribution in [0, 0.1) is 5.41 Å². The highest BCUT2D eigenvalue weighted by atomic mass is 32.2. The molecule has 0 spiro atoms. The van der Waals surface area contributed by atoms with Crippen LogP contribution in [0.25, 0.3) is 0 Å². The third kappa shape index (κ3) is 5.59. The number of amidine groups is 1. The molecule has 0 saturated carbocycles. The van der Waals surface area contributed by atoms with Crippen LogP contribution < -0.4 is 11.1 Å². The number of nitrogens with zero attached hydrogens (tertiary/aromatic N) is 2. The summed E-state index contributed by atoms with van der Waals surface area (Å²) in [5.74, 6) is -0.483. The Hall–Kier alpha value is -3.54. The van der Waals surface area contributed by atoms with Crippen molar-refractivity contribution in [1.82, 2.24) is 14.5 Å². The minimum absolute atomic E-state index is 0.0712. The third-order valence-electron chi connectivity index (χ3n) is 5.66. The first kappa shape index (κ1) is 24.6. The van der Waals surface area contributed by atoms with E-state index in [2.05, 4.69) is 5.32 Å². The van der Waals surface area contributed by atoms with Gasteiger partial charge in [-0.05, 0) is 36.4 Å². The molecule has 1 aromatic heterocycles. The summed E-state index contributed by atoms with van der Waals surface area (Å²) in [5, 5.41) is 10.2. The SMILES string of the molecule is N=C(N)c1ccc(C(=O)N2CCN(S(=O)(=O)c3ccc(CNC(=O)c4ccccc4)s3)CC2)cc1. The molecule has 2 heterocycles.